The summed E-state index contributed by atoms with van der Waals surface area (Å²) in [6.45, 7) is 8.93. The summed E-state index contributed by atoms with van der Waals surface area (Å²) < 4.78 is 2.15. The van der Waals surface area contributed by atoms with Crippen molar-refractivity contribution in [3.63, 3.8) is 0 Å². The molecule has 2 heterocycles. The molecule has 0 aromatic carbocycles. The Balaban J connectivity index is 1.81. The molecular weight excluding hydrogens is 286 g/mol. The monoisotopic (exact) mass is 319 g/mol. The van der Waals surface area contributed by atoms with Gasteiger partial charge in [0.2, 0.25) is 0 Å². The van der Waals surface area contributed by atoms with E-state index in [2.05, 4.69) is 70.9 Å². The topological polar surface area (TPSA) is 35.8 Å². The first-order valence-corrected chi connectivity index (χ1v) is 8.77. The molecular formula is C18H33N5. The Bertz CT molecular complexity index is 499. The molecule has 0 spiro atoms. The molecule has 1 atom stereocenters. The van der Waals surface area contributed by atoms with Crippen LogP contribution in [0.5, 0.6) is 0 Å². The second-order valence-corrected chi connectivity index (χ2v) is 6.96. The van der Waals surface area contributed by atoms with E-state index in [1.54, 1.807) is 0 Å². The minimum Gasteiger partial charge on any atom is -0.355 e. The van der Waals surface area contributed by atoms with Gasteiger partial charge >= 0.3 is 0 Å². The van der Waals surface area contributed by atoms with Gasteiger partial charge in [0.05, 0.1) is 6.54 Å². The molecule has 0 amide bonds. The molecule has 23 heavy (non-hydrogen) atoms. The van der Waals surface area contributed by atoms with Gasteiger partial charge in [0, 0.05) is 45.6 Å². The summed E-state index contributed by atoms with van der Waals surface area (Å²) in [6, 6.07) is 4.78. The van der Waals surface area contributed by atoms with Crippen LogP contribution in [0.4, 0.5) is 0 Å². The number of guanidine groups is 1. The molecule has 0 bridgehead atoms. The average Bonchev–Trinajstić information content (AvgIpc) is 2.93. The highest BCUT2D eigenvalue weighted by molar-refractivity contribution is 5.79. The fourth-order valence-electron chi connectivity index (χ4n) is 3.20. The van der Waals surface area contributed by atoms with E-state index in [1.165, 1.54) is 31.6 Å². The molecule has 0 saturated carbocycles. The third kappa shape index (κ3) is 4.99. The molecule has 130 valence electrons. The summed E-state index contributed by atoms with van der Waals surface area (Å²) in [7, 11) is 6.03. The highest BCUT2D eigenvalue weighted by Crippen LogP contribution is 2.17. The van der Waals surface area contributed by atoms with Gasteiger partial charge in [-0.25, -0.2) is 0 Å². The Morgan fingerprint density at radius 3 is 2.70 bits per heavy atom. The van der Waals surface area contributed by atoms with Gasteiger partial charge < -0.3 is 14.8 Å². The van der Waals surface area contributed by atoms with E-state index in [0.717, 1.165) is 25.0 Å². The van der Waals surface area contributed by atoms with Crippen LogP contribution in [-0.4, -0.2) is 60.1 Å². The van der Waals surface area contributed by atoms with E-state index in [1.807, 2.05) is 7.05 Å². The zero-order chi connectivity index (χ0) is 16.8. The third-order valence-corrected chi connectivity index (χ3v) is 5.02. The van der Waals surface area contributed by atoms with Crippen molar-refractivity contribution in [3.8, 4) is 0 Å². The zero-order valence-corrected chi connectivity index (χ0v) is 15.4. The predicted molar refractivity (Wildman–Crippen MR) is 97.7 cm³/mol. The van der Waals surface area contributed by atoms with Crippen molar-refractivity contribution >= 4 is 5.96 Å². The first-order chi connectivity index (χ1) is 11.0. The molecule has 1 aromatic heterocycles. The molecule has 1 aliphatic rings. The summed E-state index contributed by atoms with van der Waals surface area (Å²) >= 11 is 0. The molecule has 5 nitrogen and oxygen atoms in total. The van der Waals surface area contributed by atoms with Crippen LogP contribution in [0.3, 0.4) is 0 Å². The minimum absolute atomic E-state index is 0.544. The highest BCUT2D eigenvalue weighted by Gasteiger charge is 2.20. The summed E-state index contributed by atoms with van der Waals surface area (Å²) in [5.74, 6) is 1.85. The number of rotatable bonds is 5. The van der Waals surface area contributed by atoms with E-state index in [9.17, 15) is 0 Å². The number of piperidine rings is 1. The van der Waals surface area contributed by atoms with Gasteiger partial charge in [-0.3, -0.25) is 9.89 Å². The molecule has 1 saturated heterocycles. The lowest BCUT2D eigenvalue weighted by molar-refractivity contribution is 0.147. The second kappa shape index (κ2) is 8.39. The lowest BCUT2D eigenvalue weighted by Crippen LogP contribution is -2.48. The third-order valence-electron chi connectivity index (χ3n) is 5.02. The molecule has 1 fully saturated rings. The number of hydrogen-bond acceptors (Lipinski definition) is 2. The van der Waals surface area contributed by atoms with Gasteiger partial charge in [0.15, 0.2) is 5.96 Å². The van der Waals surface area contributed by atoms with Gasteiger partial charge in [-0.05, 0) is 50.9 Å². The molecule has 0 aliphatic carbocycles. The average molecular weight is 319 g/mol. The van der Waals surface area contributed by atoms with Crippen LogP contribution in [0.25, 0.3) is 0 Å². The Kier molecular flexibility index (Phi) is 6.51. The van der Waals surface area contributed by atoms with Crippen LogP contribution in [0.2, 0.25) is 0 Å². The molecule has 0 radical (unpaired) electrons. The minimum atomic E-state index is 0.544. The van der Waals surface area contributed by atoms with Crippen molar-refractivity contribution in [2.75, 3.05) is 33.7 Å². The van der Waals surface area contributed by atoms with Gasteiger partial charge in [-0.2, -0.15) is 0 Å². The summed E-state index contributed by atoms with van der Waals surface area (Å²) in [4.78, 5) is 9.21. The lowest BCUT2D eigenvalue weighted by atomic mass is 9.98. The number of likely N-dealkylation sites (tertiary alicyclic amines) is 1. The van der Waals surface area contributed by atoms with Gasteiger partial charge in [0.1, 0.15) is 0 Å². The van der Waals surface area contributed by atoms with E-state index in [0.29, 0.717) is 6.04 Å². The maximum absolute atomic E-state index is 4.43. The van der Waals surface area contributed by atoms with E-state index < -0.39 is 0 Å². The van der Waals surface area contributed by atoms with E-state index in [-0.39, 0.29) is 0 Å². The zero-order valence-electron chi connectivity index (χ0n) is 15.4. The van der Waals surface area contributed by atoms with Crippen molar-refractivity contribution in [1.82, 2.24) is 19.7 Å². The fourth-order valence-corrected chi connectivity index (χ4v) is 3.20. The maximum atomic E-state index is 4.43. The number of aliphatic imine (C=N–C) groups is 1. The Morgan fingerprint density at radius 1 is 1.43 bits per heavy atom. The SMILES string of the molecule is CN=C(NCC(C)N1CCC(C)CC1)N(C)Cc1cccn1C. The van der Waals surface area contributed by atoms with Crippen LogP contribution < -0.4 is 5.32 Å². The number of nitrogens with one attached hydrogen (secondary N) is 1. The fraction of sp³-hybridized carbons (Fsp3) is 0.722. The quantitative estimate of drug-likeness (QED) is 0.667. The van der Waals surface area contributed by atoms with E-state index in [4.69, 9.17) is 0 Å². The second-order valence-electron chi connectivity index (χ2n) is 6.96. The smallest absolute Gasteiger partial charge is 0.193 e. The molecule has 2 rings (SSSR count). The number of aryl methyl sites for hydroxylation is 1. The molecule has 5 heteroatoms. The van der Waals surface area contributed by atoms with Gasteiger partial charge in [-0.1, -0.05) is 6.92 Å². The number of nitrogens with zero attached hydrogens (tertiary/aromatic N) is 4. The summed E-state index contributed by atoms with van der Waals surface area (Å²) in [6.07, 6.45) is 4.73. The molecule has 1 unspecified atom stereocenters. The largest absolute Gasteiger partial charge is 0.355 e. The van der Waals surface area contributed by atoms with Crippen LogP contribution in [-0.2, 0) is 13.6 Å². The van der Waals surface area contributed by atoms with Gasteiger partial charge in [0.25, 0.3) is 0 Å². The summed E-state index contributed by atoms with van der Waals surface area (Å²) in [5.41, 5.74) is 1.29. The Labute approximate surface area is 141 Å². The molecule has 1 aliphatic heterocycles. The number of hydrogen-bond donors (Lipinski definition) is 1. The van der Waals surface area contributed by atoms with Crippen LogP contribution in [0.1, 0.15) is 32.4 Å². The lowest BCUT2D eigenvalue weighted by Gasteiger charge is -2.35. The maximum Gasteiger partial charge on any atom is 0.193 e. The van der Waals surface area contributed by atoms with Crippen molar-refractivity contribution < 1.29 is 0 Å². The van der Waals surface area contributed by atoms with Crippen LogP contribution in [0, 0.1) is 5.92 Å². The highest BCUT2D eigenvalue weighted by atomic mass is 15.3. The predicted octanol–water partition coefficient (Wildman–Crippen LogP) is 2.15. The van der Waals surface area contributed by atoms with Crippen molar-refractivity contribution in [2.45, 2.75) is 39.3 Å². The standard InChI is InChI=1S/C18H33N5/c1-15-8-11-23(12-9-15)16(2)13-20-18(19-3)22(5)14-17-7-6-10-21(17)4/h6-7,10,15-16H,8-9,11-14H2,1-5H3,(H,19,20). The Morgan fingerprint density at radius 2 is 2.13 bits per heavy atom. The normalized spacial score (nSPS) is 18.9. The van der Waals surface area contributed by atoms with Crippen LogP contribution in [0.15, 0.2) is 23.3 Å². The summed E-state index contributed by atoms with van der Waals surface area (Å²) in [5, 5.41) is 3.53. The number of aromatic nitrogens is 1. The molecule has 1 N–H and O–H groups in total. The van der Waals surface area contributed by atoms with E-state index >= 15 is 0 Å². The van der Waals surface area contributed by atoms with Crippen molar-refractivity contribution in [1.29, 1.82) is 0 Å². The first-order valence-electron chi connectivity index (χ1n) is 8.77. The van der Waals surface area contributed by atoms with Crippen LogP contribution >= 0.6 is 0 Å². The molecule has 1 aromatic rings. The van der Waals surface area contributed by atoms with Crippen molar-refractivity contribution in [3.05, 3.63) is 24.0 Å². The van der Waals surface area contributed by atoms with Gasteiger partial charge in [-0.15, -0.1) is 0 Å². The Hall–Kier alpha value is -1.49. The van der Waals surface area contributed by atoms with Crippen molar-refractivity contribution in [2.24, 2.45) is 18.0 Å². The first kappa shape index (κ1) is 17.9.